The zero-order chi connectivity index (χ0) is 19.0. The van der Waals surface area contributed by atoms with Gasteiger partial charge in [0.1, 0.15) is 17.4 Å². The zero-order valence-electron chi connectivity index (χ0n) is 17.1. The fourth-order valence-electron chi connectivity index (χ4n) is 3.23. The van der Waals surface area contributed by atoms with Crippen molar-refractivity contribution in [3.63, 3.8) is 0 Å². The zero-order valence-corrected chi connectivity index (χ0v) is 17.1. The topological polar surface area (TPSA) is 35.5 Å². The summed E-state index contributed by atoms with van der Waals surface area (Å²) in [5, 5.41) is 0. The van der Waals surface area contributed by atoms with Crippen molar-refractivity contribution < 1.29 is 14.3 Å². The monoisotopic (exact) mass is 362 g/mol. The summed E-state index contributed by atoms with van der Waals surface area (Å²) in [4.78, 5) is 12.5. The molecule has 0 heterocycles. The number of methoxy groups -OCH3 is 1. The van der Waals surface area contributed by atoms with Crippen LogP contribution in [0.15, 0.2) is 24.3 Å². The Morgan fingerprint density at radius 1 is 0.846 bits per heavy atom. The lowest BCUT2D eigenvalue weighted by atomic mass is 10.0. The van der Waals surface area contributed by atoms with Gasteiger partial charge in [-0.25, -0.2) is 4.79 Å². The van der Waals surface area contributed by atoms with E-state index in [1.54, 1.807) is 19.2 Å². The summed E-state index contributed by atoms with van der Waals surface area (Å²) in [5.74, 6) is 0.321. The number of carbonyl (C=O) groups is 1. The fraction of sp³-hybridized carbons (Fsp3) is 0.696. The third-order valence-corrected chi connectivity index (χ3v) is 4.86. The van der Waals surface area contributed by atoms with Crippen molar-refractivity contribution in [1.29, 1.82) is 0 Å². The number of ether oxygens (including phenoxy) is 2. The molecule has 3 nitrogen and oxygen atoms in total. The molecule has 0 aromatic heterocycles. The van der Waals surface area contributed by atoms with Gasteiger partial charge in [0.05, 0.1) is 7.11 Å². The van der Waals surface area contributed by atoms with Gasteiger partial charge in [-0.1, -0.05) is 83.8 Å². The molecule has 0 bridgehead atoms. The standard InChI is InChI=1S/C23H38O3/c1-4-6-8-9-10-11-12-13-17-20(16-7-5-2)26-23(24)21-18-14-15-19-22(21)25-3/h14-15,18-20H,4-13,16-17H2,1-3H3. The van der Waals surface area contributed by atoms with Gasteiger partial charge in [0.25, 0.3) is 0 Å². The van der Waals surface area contributed by atoms with Gasteiger partial charge in [-0.2, -0.15) is 0 Å². The molecular formula is C23H38O3. The summed E-state index contributed by atoms with van der Waals surface area (Å²) < 4.78 is 11.1. The lowest BCUT2D eigenvalue weighted by Gasteiger charge is -2.18. The van der Waals surface area contributed by atoms with E-state index in [-0.39, 0.29) is 12.1 Å². The Kier molecular flexibility index (Phi) is 12.7. The Morgan fingerprint density at radius 2 is 1.42 bits per heavy atom. The molecule has 26 heavy (non-hydrogen) atoms. The second-order valence-electron chi connectivity index (χ2n) is 7.13. The number of para-hydroxylation sites is 1. The van der Waals surface area contributed by atoms with Crippen molar-refractivity contribution in [3.8, 4) is 5.75 Å². The molecule has 0 aliphatic carbocycles. The van der Waals surface area contributed by atoms with E-state index in [4.69, 9.17) is 9.47 Å². The minimum absolute atomic E-state index is 0.0208. The van der Waals surface area contributed by atoms with E-state index in [9.17, 15) is 4.79 Å². The van der Waals surface area contributed by atoms with Gasteiger partial charge in [0.15, 0.2) is 0 Å². The first-order valence-corrected chi connectivity index (χ1v) is 10.6. The van der Waals surface area contributed by atoms with Gasteiger partial charge in [-0.05, 0) is 31.4 Å². The van der Waals surface area contributed by atoms with Crippen LogP contribution in [-0.4, -0.2) is 19.2 Å². The molecule has 1 aromatic rings. The van der Waals surface area contributed by atoms with Gasteiger partial charge >= 0.3 is 5.97 Å². The van der Waals surface area contributed by atoms with Crippen LogP contribution < -0.4 is 4.74 Å². The fourth-order valence-corrected chi connectivity index (χ4v) is 3.23. The molecule has 3 heteroatoms. The number of benzene rings is 1. The van der Waals surface area contributed by atoms with Crippen molar-refractivity contribution in [2.24, 2.45) is 0 Å². The Hall–Kier alpha value is -1.51. The molecule has 1 rings (SSSR count). The minimum Gasteiger partial charge on any atom is -0.496 e. The third-order valence-electron chi connectivity index (χ3n) is 4.86. The lowest BCUT2D eigenvalue weighted by molar-refractivity contribution is 0.0246. The maximum absolute atomic E-state index is 12.5. The summed E-state index contributed by atoms with van der Waals surface area (Å²) in [7, 11) is 1.58. The van der Waals surface area contributed by atoms with E-state index in [1.165, 1.54) is 44.9 Å². The summed E-state index contributed by atoms with van der Waals surface area (Å²) in [5.41, 5.74) is 0.521. The SMILES string of the molecule is CCCCCCCCCCC(CCCC)OC(=O)c1ccccc1OC. The number of hydrogen-bond donors (Lipinski definition) is 0. The van der Waals surface area contributed by atoms with Gasteiger partial charge in [-0.15, -0.1) is 0 Å². The molecule has 0 fully saturated rings. The van der Waals surface area contributed by atoms with Crippen molar-refractivity contribution >= 4 is 5.97 Å². The van der Waals surface area contributed by atoms with E-state index < -0.39 is 0 Å². The average molecular weight is 363 g/mol. The van der Waals surface area contributed by atoms with E-state index in [0.29, 0.717) is 11.3 Å². The van der Waals surface area contributed by atoms with Crippen LogP contribution in [0.25, 0.3) is 0 Å². The molecule has 0 N–H and O–H groups in total. The number of carbonyl (C=O) groups excluding carboxylic acids is 1. The molecule has 0 aliphatic heterocycles. The smallest absolute Gasteiger partial charge is 0.342 e. The molecule has 1 aromatic carbocycles. The first-order chi connectivity index (χ1) is 12.7. The van der Waals surface area contributed by atoms with Crippen LogP contribution in [-0.2, 0) is 4.74 Å². The van der Waals surface area contributed by atoms with Gasteiger partial charge in [0, 0.05) is 0 Å². The molecule has 1 unspecified atom stereocenters. The van der Waals surface area contributed by atoms with E-state index in [0.717, 1.165) is 32.1 Å². The Labute approximate surface area is 160 Å². The van der Waals surface area contributed by atoms with Crippen molar-refractivity contribution in [1.82, 2.24) is 0 Å². The second kappa shape index (κ2) is 14.6. The molecule has 1 atom stereocenters. The largest absolute Gasteiger partial charge is 0.496 e. The van der Waals surface area contributed by atoms with E-state index in [2.05, 4.69) is 13.8 Å². The first kappa shape index (κ1) is 22.5. The van der Waals surface area contributed by atoms with Gasteiger partial charge in [-0.3, -0.25) is 0 Å². The first-order valence-electron chi connectivity index (χ1n) is 10.6. The van der Waals surface area contributed by atoms with Gasteiger partial charge < -0.3 is 9.47 Å². The number of esters is 1. The second-order valence-corrected chi connectivity index (χ2v) is 7.13. The highest BCUT2D eigenvalue weighted by Gasteiger charge is 2.18. The molecule has 0 aliphatic rings. The quantitative estimate of drug-likeness (QED) is 0.250. The van der Waals surface area contributed by atoms with Crippen LogP contribution in [0.5, 0.6) is 5.75 Å². The van der Waals surface area contributed by atoms with Gasteiger partial charge in [0.2, 0.25) is 0 Å². The van der Waals surface area contributed by atoms with Crippen molar-refractivity contribution in [2.75, 3.05) is 7.11 Å². The van der Waals surface area contributed by atoms with Crippen molar-refractivity contribution in [2.45, 2.75) is 97.0 Å². The summed E-state index contributed by atoms with van der Waals surface area (Å²) in [6, 6.07) is 7.29. The number of hydrogen-bond acceptors (Lipinski definition) is 3. The molecular weight excluding hydrogens is 324 g/mol. The van der Waals surface area contributed by atoms with Crippen LogP contribution >= 0.6 is 0 Å². The van der Waals surface area contributed by atoms with Crippen LogP contribution in [0.1, 0.15) is 101 Å². The van der Waals surface area contributed by atoms with Crippen LogP contribution in [0.3, 0.4) is 0 Å². The number of unbranched alkanes of at least 4 members (excludes halogenated alkanes) is 8. The molecule has 148 valence electrons. The highest BCUT2D eigenvalue weighted by molar-refractivity contribution is 5.92. The Balaban J connectivity index is 2.39. The van der Waals surface area contributed by atoms with Crippen LogP contribution in [0, 0.1) is 0 Å². The lowest BCUT2D eigenvalue weighted by Crippen LogP contribution is -2.19. The molecule has 0 saturated heterocycles. The van der Waals surface area contributed by atoms with Crippen molar-refractivity contribution in [3.05, 3.63) is 29.8 Å². The van der Waals surface area contributed by atoms with Crippen LogP contribution in [0.2, 0.25) is 0 Å². The Bertz CT molecular complexity index is 484. The maximum atomic E-state index is 12.5. The summed E-state index contributed by atoms with van der Waals surface area (Å²) in [6.07, 6.45) is 14.6. The molecule has 0 radical (unpaired) electrons. The normalized spacial score (nSPS) is 12.0. The summed E-state index contributed by atoms with van der Waals surface area (Å²) >= 11 is 0. The van der Waals surface area contributed by atoms with E-state index >= 15 is 0 Å². The Morgan fingerprint density at radius 3 is 2.08 bits per heavy atom. The highest BCUT2D eigenvalue weighted by atomic mass is 16.5. The molecule has 0 spiro atoms. The highest BCUT2D eigenvalue weighted by Crippen LogP contribution is 2.22. The molecule has 0 saturated carbocycles. The number of rotatable bonds is 15. The van der Waals surface area contributed by atoms with Crippen LogP contribution in [0.4, 0.5) is 0 Å². The predicted molar refractivity (Wildman–Crippen MR) is 109 cm³/mol. The predicted octanol–water partition coefficient (Wildman–Crippen LogP) is 6.94. The molecule has 0 amide bonds. The maximum Gasteiger partial charge on any atom is 0.342 e. The summed E-state index contributed by atoms with van der Waals surface area (Å²) in [6.45, 7) is 4.43. The average Bonchev–Trinajstić information content (AvgIpc) is 2.67. The van der Waals surface area contributed by atoms with E-state index in [1.807, 2.05) is 12.1 Å². The minimum atomic E-state index is -0.261. The third kappa shape index (κ3) is 9.26.